The van der Waals surface area contributed by atoms with Crippen molar-refractivity contribution in [1.29, 1.82) is 0 Å². The number of ether oxygens (including phenoxy) is 1. The smallest absolute Gasteiger partial charge is 0.327 e. The normalized spacial score (nSPS) is 23.9. The molecule has 1 amide bonds. The van der Waals surface area contributed by atoms with E-state index in [2.05, 4.69) is 0 Å². The summed E-state index contributed by atoms with van der Waals surface area (Å²) in [5.41, 5.74) is -0.663. The van der Waals surface area contributed by atoms with E-state index in [0.29, 0.717) is 6.42 Å². The number of esters is 1. The van der Waals surface area contributed by atoms with E-state index in [1.807, 2.05) is 0 Å². The van der Waals surface area contributed by atoms with Crippen LogP contribution < -0.4 is 0 Å². The van der Waals surface area contributed by atoms with Gasteiger partial charge in [-0.25, -0.2) is 4.79 Å². The van der Waals surface area contributed by atoms with Crippen LogP contribution in [0.3, 0.4) is 0 Å². The molecule has 0 radical (unpaired) electrons. The number of hydrogen-bond donors (Lipinski definition) is 1. The van der Waals surface area contributed by atoms with Crippen molar-refractivity contribution in [3.8, 4) is 0 Å². The van der Waals surface area contributed by atoms with Gasteiger partial charge in [-0.1, -0.05) is 0 Å². The lowest BCUT2D eigenvalue weighted by molar-refractivity contribution is -0.165. The first-order valence-electron chi connectivity index (χ1n) is 5.86. The van der Waals surface area contributed by atoms with Gasteiger partial charge in [0, 0.05) is 13.5 Å². The molecule has 0 saturated carbocycles. The number of nitrogens with zero attached hydrogens (tertiary/aromatic N) is 1. The second-order valence-electron chi connectivity index (χ2n) is 5.42. The van der Waals surface area contributed by atoms with Crippen LogP contribution in [0, 0.1) is 5.92 Å². The van der Waals surface area contributed by atoms with Gasteiger partial charge in [0.05, 0.1) is 5.92 Å². The summed E-state index contributed by atoms with van der Waals surface area (Å²) in [6, 6.07) is -1.11. The Hall–Kier alpha value is -1.59. The maximum Gasteiger partial charge on any atom is 0.327 e. The van der Waals surface area contributed by atoms with Crippen molar-refractivity contribution in [3.63, 3.8) is 0 Å². The standard InChI is InChI=1S/C12H19NO5/c1-7(14)13-6-5-8(9(13)10(15)16)11(17)18-12(2,3)4/h8-9H,5-6H2,1-4H3,(H,15,16)/t8-,9-/m0/s1. The molecule has 1 fully saturated rings. The number of carboxylic acids is 1. The molecule has 6 nitrogen and oxygen atoms in total. The minimum atomic E-state index is -1.17. The van der Waals surface area contributed by atoms with Crippen LogP contribution in [0.1, 0.15) is 34.1 Å². The summed E-state index contributed by atoms with van der Waals surface area (Å²) < 4.78 is 5.19. The number of aliphatic carboxylic acids is 1. The number of hydrogen-bond acceptors (Lipinski definition) is 4. The van der Waals surface area contributed by atoms with E-state index in [4.69, 9.17) is 9.84 Å². The number of carbonyl (C=O) groups is 3. The number of amides is 1. The lowest BCUT2D eigenvalue weighted by Gasteiger charge is -2.26. The van der Waals surface area contributed by atoms with Gasteiger partial charge in [0.25, 0.3) is 0 Å². The third kappa shape index (κ3) is 3.21. The molecule has 1 N–H and O–H groups in total. The molecule has 1 aliphatic heterocycles. The van der Waals surface area contributed by atoms with Gasteiger partial charge in [-0.3, -0.25) is 9.59 Å². The van der Waals surface area contributed by atoms with Crippen molar-refractivity contribution >= 4 is 17.8 Å². The van der Waals surface area contributed by atoms with Crippen molar-refractivity contribution in [2.75, 3.05) is 6.54 Å². The van der Waals surface area contributed by atoms with E-state index in [9.17, 15) is 14.4 Å². The van der Waals surface area contributed by atoms with Gasteiger partial charge in [-0.15, -0.1) is 0 Å². The first-order valence-corrected chi connectivity index (χ1v) is 5.86. The Kier molecular flexibility index (Phi) is 3.98. The Morgan fingerprint density at radius 3 is 2.22 bits per heavy atom. The molecule has 0 aromatic carbocycles. The molecule has 1 heterocycles. The van der Waals surface area contributed by atoms with Crippen LogP contribution in [0.2, 0.25) is 0 Å². The average Bonchev–Trinajstić information content (AvgIpc) is 2.58. The van der Waals surface area contributed by atoms with Crippen molar-refractivity contribution in [2.45, 2.75) is 45.8 Å². The molecule has 1 saturated heterocycles. The molecular formula is C12H19NO5. The Labute approximate surface area is 106 Å². The van der Waals surface area contributed by atoms with E-state index < -0.39 is 29.5 Å². The molecule has 102 valence electrons. The molecule has 1 rings (SSSR count). The van der Waals surface area contributed by atoms with E-state index in [0.717, 1.165) is 0 Å². The first-order chi connectivity index (χ1) is 8.13. The van der Waals surface area contributed by atoms with Gasteiger partial charge in [0.1, 0.15) is 11.6 Å². The topological polar surface area (TPSA) is 83.9 Å². The Balaban J connectivity index is 2.86. The summed E-state index contributed by atoms with van der Waals surface area (Å²) in [6.45, 7) is 6.73. The monoisotopic (exact) mass is 257 g/mol. The zero-order valence-electron chi connectivity index (χ0n) is 11.1. The number of likely N-dealkylation sites (tertiary alicyclic amines) is 1. The lowest BCUT2D eigenvalue weighted by atomic mass is 10.00. The van der Waals surface area contributed by atoms with Crippen LogP contribution in [0.5, 0.6) is 0 Å². The number of rotatable bonds is 2. The van der Waals surface area contributed by atoms with E-state index in [1.54, 1.807) is 20.8 Å². The molecule has 6 heteroatoms. The third-order valence-corrected chi connectivity index (χ3v) is 2.76. The van der Waals surface area contributed by atoms with Gasteiger partial charge >= 0.3 is 11.9 Å². The summed E-state index contributed by atoms with van der Waals surface area (Å²) in [6.07, 6.45) is 0.325. The van der Waals surface area contributed by atoms with Gasteiger partial charge in [-0.2, -0.15) is 0 Å². The molecule has 0 aromatic heterocycles. The largest absolute Gasteiger partial charge is 0.480 e. The van der Waals surface area contributed by atoms with E-state index in [-0.39, 0.29) is 12.5 Å². The fraction of sp³-hybridized carbons (Fsp3) is 0.750. The maximum absolute atomic E-state index is 11.9. The molecular weight excluding hydrogens is 238 g/mol. The first kappa shape index (κ1) is 14.5. The van der Waals surface area contributed by atoms with Gasteiger partial charge in [0.15, 0.2) is 0 Å². The van der Waals surface area contributed by atoms with E-state index >= 15 is 0 Å². The molecule has 0 bridgehead atoms. The quantitative estimate of drug-likeness (QED) is 0.734. The summed E-state index contributed by atoms with van der Waals surface area (Å²) in [7, 11) is 0. The predicted octanol–water partition coefficient (Wildman–Crippen LogP) is 0.650. The number of carbonyl (C=O) groups excluding carboxylic acids is 2. The van der Waals surface area contributed by atoms with Crippen LogP contribution in [0.25, 0.3) is 0 Å². The highest BCUT2D eigenvalue weighted by atomic mass is 16.6. The van der Waals surface area contributed by atoms with Crippen molar-refractivity contribution in [3.05, 3.63) is 0 Å². The molecule has 18 heavy (non-hydrogen) atoms. The van der Waals surface area contributed by atoms with Crippen molar-refractivity contribution < 1.29 is 24.2 Å². The third-order valence-electron chi connectivity index (χ3n) is 2.76. The zero-order valence-corrected chi connectivity index (χ0v) is 11.1. The highest BCUT2D eigenvalue weighted by Gasteiger charge is 2.46. The molecule has 0 unspecified atom stereocenters. The summed E-state index contributed by atoms with van der Waals surface area (Å²) in [5, 5.41) is 9.15. The van der Waals surface area contributed by atoms with Crippen molar-refractivity contribution in [2.24, 2.45) is 5.92 Å². The molecule has 0 aromatic rings. The molecule has 1 aliphatic rings. The second-order valence-corrected chi connectivity index (χ2v) is 5.42. The second kappa shape index (κ2) is 4.96. The summed E-state index contributed by atoms with van der Waals surface area (Å²) >= 11 is 0. The van der Waals surface area contributed by atoms with Gasteiger partial charge in [0.2, 0.25) is 5.91 Å². The molecule has 0 spiro atoms. The molecule has 0 aliphatic carbocycles. The Bertz CT molecular complexity index is 371. The van der Waals surface area contributed by atoms with Crippen LogP contribution in [0.15, 0.2) is 0 Å². The SMILES string of the molecule is CC(=O)N1CC[C@H](C(=O)OC(C)(C)C)[C@H]1C(=O)O. The van der Waals surface area contributed by atoms with Gasteiger partial charge in [-0.05, 0) is 27.2 Å². The fourth-order valence-corrected chi connectivity index (χ4v) is 2.08. The zero-order chi connectivity index (χ0) is 14.1. The van der Waals surface area contributed by atoms with Gasteiger partial charge < -0.3 is 14.7 Å². The lowest BCUT2D eigenvalue weighted by Crippen LogP contribution is -2.45. The van der Waals surface area contributed by atoms with Crippen LogP contribution >= 0.6 is 0 Å². The minimum absolute atomic E-state index is 0.274. The van der Waals surface area contributed by atoms with Crippen LogP contribution in [-0.2, 0) is 19.1 Å². The maximum atomic E-state index is 11.9. The Morgan fingerprint density at radius 1 is 1.28 bits per heavy atom. The predicted molar refractivity (Wildman–Crippen MR) is 62.8 cm³/mol. The fourth-order valence-electron chi connectivity index (χ4n) is 2.08. The van der Waals surface area contributed by atoms with Crippen LogP contribution in [-0.4, -0.2) is 46.0 Å². The Morgan fingerprint density at radius 2 is 1.83 bits per heavy atom. The highest BCUT2D eigenvalue weighted by Crippen LogP contribution is 2.27. The van der Waals surface area contributed by atoms with E-state index in [1.165, 1.54) is 11.8 Å². The van der Waals surface area contributed by atoms with Crippen LogP contribution in [0.4, 0.5) is 0 Å². The summed E-state index contributed by atoms with van der Waals surface area (Å²) in [5.74, 6) is -2.85. The average molecular weight is 257 g/mol. The van der Waals surface area contributed by atoms with Crippen molar-refractivity contribution in [1.82, 2.24) is 4.90 Å². The minimum Gasteiger partial charge on any atom is -0.480 e. The summed E-state index contributed by atoms with van der Waals surface area (Å²) in [4.78, 5) is 35.6. The molecule has 2 atom stereocenters. The highest BCUT2D eigenvalue weighted by molar-refractivity contribution is 5.89. The number of carboxylic acid groups (broad SMARTS) is 1.